The molecule has 0 radical (unpaired) electrons. The van der Waals surface area contributed by atoms with Crippen LogP contribution in [0.2, 0.25) is 0 Å². The molecule has 1 amide bonds. The Labute approximate surface area is 166 Å². The number of aromatic nitrogens is 3. The number of nitrogens with zero attached hydrogens (tertiary/aromatic N) is 4. The van der Waals surface area contributed by atoms with Gasteiger partial charge in [-0.25, -0.2) is 18.3 Å². The number of carbonyl (C=O) groups is 1. The molecule has 152 valence electrons. The molecule has 1 aromatic carbocycles. The molecule has 3 aromatic rings. The zero-order chi connectivity index (χ0) is 20.2. The minimum Gasteiger partial charge on any atom is -0.379 e. The first-order valence-corrected chi connectivity index (χ1v) is 9.44. The summed E-state index contributed by atoms with van der Waals surface area (Å²) in [6.45, 7) is 4.16. The number of benzene rings is 1. The molecule has 9 heteroatoms. The number of nitrogens with one attached hydrogen (secondary N) is 1. The highest BCUT2D eigenvalue weighted by Gasteiger charge is 2.21. The summed E-state index contributed by atoms with van der Waals surface area (Å²) in [5, 5.41) is 6.81. The lowest BCUT2D eigenvalue weighted by Gasteiger charge is -2.26. The fraction of sp³-hybridized carbons (Fsp3) is 0.350. The Morgan fingerprint density at radius 1 is 1.21 bits per heavy atom. The van der Waals surface area contributed by atoms with Gasteiger partial charge < -0.3 is 10.1 Å². The molecule has 0 unspecified atom stereocenters. The molecule has 0 spiro atoms. The van der Waals surface area contributed by atoms with E-state index in [-0.39, 0.29) is 22.8 Å². The van der Waals surface area contributed by atoms with Crippen LogP contribution in [0.25, 0.3) is 16.9 Å². The Kier molecular flexibility index (Phi) is 5.77. The smallest absolute Gasteiger partial charge is 0.280 e. The van der Waals surface area contributed by atoms with Crippen LogP contribution >= 0.6 is 0 Å². The number of fused-ring (bicyclic) bond motifs is 1. The van der Waals surface area contributed by atoms with Crippen LogP contribution < -0.4 is 5.32 Å². The summed E-state index contributed by atoms with van der Waals surface area (Å²) < 4.78 is 33.6. The van der Waals surface area contributed by atoms with Crippen molar-refractivity contribution in [3.05, 3.63) is 53.9 Å². The first-order valence-electron chi connectivity index (χ1n) is 9.44. The molecular formula is C20H21F2N5O2. The van der Waals surface area contributed by atoms with Gasteiger partial charge in [0.1, 0.15) is 11.3 Å². The molecule has 0 bridgehead atoms. The Morgan fingerprint density at radius 2 is 1.97 bits per heavy atom. The van der Waals surface area contributed by atoms with Gasteiger partial charge in [-0.2, -0.15) is 5.10 Å². The van der Waals surface area contributed by atoms with Gasteiger partial charge in [0.05, 0.1) is 25.1 Å². The van der Waals surface area contributed by atoms with Crippen LogP contribution in [0.3, 0.4) is 0 Å². The van der Waals surface area contributed by atoms with Gasteiger partial charge in [-0.1, -0.05) is 30.3 Å². The summed E-state index contributed by atoms with van der Waals surface area (Å²) in [5.74, 6) is -0.383. The predicted octanol–water partition coefficient (Wildman–Crippen LogP) is 2.40. The lowest BCUT2D eigenvalue weighted by atomic mass is 10.1. The Morgan fingerprint density at radius 3 is 2.69 bits per heavy atom. The van der Waals surface area contributed by atoms with Crippen molar-refractivity contribution in [1.29, 1.82) is 0 Å². The SMILES string of the molecule is O=C(NCCN1CCOCC1)c1cnn2c(C(F)F)cc(-c3ccccc3)nc12. The number of hydrogen-bond acceptors (Lipinski definition) is 5. The highest BCUT2D eigenvalue weighted by Crippen LogP contribution is 2.26. The molecular weight excluding hydrogens is 380 g/mol. The van der Waals surface area contributed by atoms with E-state index in [0.29, 0.717) is 37.6 Å². The van der Waals surface area contributed by atoms with E-state index in [1.54, 1.807) is 24.3 Å². The van der Waals surface area contributed by atoms with Gasteiger partial charge in [0.25, 0.3) is 12.3 Å². The van der Waals surface area contributed by atoms with Gasteiger partial charge in [-0.3, -0.25) is 9.69 Å². The summed E-state index contributed by atoms with van der Waals surface area (Å²) in [7, 11) is 0. The minimum absolute atomic E-state index is 0.116. The van der Waals surface area contributed by atoms with E-state index in [2.05, 4.69) is 20.3 Å². The monoisotopic (exact) mass is 401 g/mol. The lowest BCUT2D eigenvalue weighted by molar-refractivity contribution is 0.0383. The van der Waals surface area contributed by atoms with E-state index in [4.69, 9.17) is 4.74 Å². The fourth-order valence-corrected chi connectivity index (χ4v) is 3.31. The minimum atomic E-state index is -2.75. The van der Waals surface area contributed by atoms with Crippen LogP contribution in [0.5, 0.6) is 0 Å². The third-order valence-electron chi connectivity index (χ3n) is 4.85. The normalized spacial score (nSPS) is 15.1. The lowest BCUT2D eigenvalue weighted by Crippen LogP contribution is -2.41. The van der Waals surface area contributed by atoms with E-state index in [1.807, 2.05) is 6.07 Å². The third-order valence-corrected chi connectivity index (χ3v) is 4.85. The van der Waals surface area contributed by atoms with Crippen LogP contribution in [0.4, 0.5) is 8.78 Å². The van der Waals surface area contributed by atoms with Gasteiger partial charge in [0, 0.05) is 31.7 Å². The summed E-state index contributed by atoms with van der Waals surface area (Å²) in [6.07, 6.45) is -1.47. The van der Waals surface area contributed by atoms with Gasteiger partial charge >= 0.3 is 0 Å². The number of hydrogen-bond donors (Lipinski definition) is 1. The van der Waals surface area contributed by atoms with Crippen molar-refractivity contribution < 1.29 is 18.3 Å². The van der Waals surface area contributed by atoms with Crippen LogP contribution in [0.15, 0.2) is 42.6 Å². The van der Waals surface area contributed by atoms with Crippen LogP contribution in [-0.4, -0.2) is 64.8 Å². The van der Waals surface area contributed by atoms with Crippen LogP contribution in [0.1, 0.15) is 22.5 Å². The molecule has 0 saturated carbocycles. The second kappa shape index (κ2) is 8.62. The fourth-order valence-electron chi connectivity index (χ4n) is 3.31. The average Bonchev–Trinajstić information content (AvgIpc) is 3.18. The van der Waals surface area contributed by atoms with Crippen molar-refractivity contribution in [3.8, 4) is 11.3 Å². The maximum atomic E-state index is 13.6. The van der Waals surface area contributed by atoms with E-state index in [0.717, 1.165) is 17.6 Å². The van der Waals surface area contributed by atoms with Crippen molar-refractivity contribution >= 4 is 11.6 Å². The molecule has 4 rings (SSSR count). The molecule has 1 fully saturated rings. The van der Waals surface area contributed by atoms with Crippen molar-refractivity contribution in [2.45, 2.75) is 6.43 Å². The largest absolute Gasteiger partial charge is 0.379 e. The van der Waals surface area contributed by atoms with Crippen LogP contribution in [-0.2, 0) is 4.74 Å². The Hall–Kier alpha value is -2.91. The third kappa shape index (κ3) is 4.25. The van der Waals surface area contributed by atoms with Crippen molar-refractivity contribution in [2.75, 3.05) is 39.4 Å². The van der Waals surface area contributed by atoms with Gasteiger partial charge in [-0.05, 0) is 6.07 Å². The Bertz CT molecular complexity index is 987. The summed E-state index contributed by atoms with van der Waals surface area (Å²) in [5.41, 5.74) is 1.05. The molecule has 2 aromatic heterocycles. The predicted molar refractivity (Wildman–Crippen MR) is 103 cm³/mol. The highest BCUT2D eigenvalue weighted by atomic mass is 19.3. The first-order chi connectivity index (χ1) is 14.1. The second-order valence-electron chi connectivity index (χ2n) is 6.74. The summed E-state index contributed by atoms with van der Waals surface area (Å²) >= 11 is 0. The van der Waals surface area contributed by atoms with Gasteiger partial charge in [0.15, 0.2) is 5.65 Å². The number of morpholine rings is 1. The van der Waals surface area contributed by atoms with E-state index in [9.17, 15) is 13.6 Å². The van der Waals surface area contributed by atoms with Crippen molar-refractivity contribution in [1.82, 2.24) is 24.8 Å². The number of alkyl halides is 2. The molecule has 1 N–H and O–H groups in total. The highest BCUT2D eigenvalue weighted by molar-refractivity contribution is 5.99. The van der Waals surface area contributed by atoms with Gasteiger partial charge in [-0.15, -0.1) is 0 Å². The van der Waals surface area contributed by atoms with E-state index in [1.165, 1.54) is 12.3 Å². The zero-order valence-corrected chi connectivity index (χ0v) is 15.7. The number of amides is 1. The molecule has 0 aliphatic carbocycles. The average molecular weight is 401 g/mol. The second-order valence-corrected chi connectivity index (χ2v) is 6.74. The number of carbonyl (C=O) groups excluding carboxylic acids is 1. The molecule has 1 aliphatic rings. The molecule has 7 nitrogen and oxygen atoms in total. The number of halogens is 2. The molecule has 0 atom stereocenters. The maximum Gasteiger partial charge on any atom is 0.280 e. The van der Waals surface area contributed by atoms with E-state index >= 15 is 0 Å². The first kappa shape index (κ1) is 19.4. The maximum absolute atomic E-state index is 13.6. The number of ether oxygens (including phenoxy) is 1. The summed E-state index contributed by atoms with van der Waals surface area (Å²) in [6, 6.07) is 10.3. The Balaban J connectivity index is 1.59. The topological polar surface area (TPSA) is 71.8 Å². The molecule has 1 aliphatic heterocycles. The molecule has 29 heavy (non-hydrogen) atoms. The summed E-state index contributed by atoms with van der Waals surface area (Å²) in [4.78, 5) is 19.3. The number of rotatable bonds is 6. The van der Waals surface area contributed by atoms with Crippen LogP contribution in [0, 0.1) is 0 Å². The molecule has 3 heterocycles. The molecule has 1 saturated heterocycles. The van der Waals surface area contributed by atoms with Crippen molar-refractivity contribution in [3.63, 3.8) is 0 Å². The quantitative estimate of drug-likeness (QED) is 0.687. The van der Waals surface area contributed by atoms with Crippen molar-refractivity contribution in [2.24, 2.45) is 0 Å². The van der Waals surface area contributed by atoms with Gasteiger partial charge in [0.2, 0.25) is 0 Å². The standard InChI is InChI=1S/C20H21F2N5O2/c21-18(22)17-12-16(14-4-2-1-3-5-14)25-19-15(13-24-27(17)19)20(28)23-6-7-26-8-10-29-11-9-26/h1-5,12-13,18H,6-11H2,(H,23,28). The van der Waals surface area contributed by atoms with E-state index < -0.39 is 6.43 Å². The zero-order valence-electron chi connectivity index (χ0n) is 15.7.